The fourth-order valence-corrected chi connectivity index (χ4v) is 6.26. The number of carbonyl (C=O) groups excluding carboxylic acids is 3. The van der Waals surface area contributed by atoms with Gasteiger partial charge in [0.05, 0.1) is 17.4 Å². The third kappa shape index (κ3) is 3.61. The molecule has 35 heavy (non-hydrogen) atoms. The molecule has 4 heterocycles. The highest BCUT2D eigenvalue weighted by Crippen LogP contribution is 2.57. The zero-order chi connectivity index (χ0) is 25.0. The van der Waals surface area contributed by atoms with E-state index in [0.717, 1.165) is 0 Å². The summed E-state index contributed by atoms with van der Waals surface area (Å²) in [6.45, 7) is 2.86. The van der Waals surface area contributed by atoms with Crippen molar-refractivity contribution in [1.82, 2.24) is 9.80 Å². The summed E-state index contributed by atoms with van der Waals surface area (Å²) < 4.78 is 6.73. The van der Waals surface area contributed by atoms with Gasteiger partial charge in [-0.15, -0.1) is 0 Å². The minimum atomic E-state index is -1.27. The molecule has 1 aromatic rings. The second-order valence-electron chi connectivity index (χ2n) is 9.91. The SMILES string of the molecule is CN1CC=C[C@@]2(C)O[C@]34C=CCN(c5ccc(Cl)cc5)C(=O)C3N(CCCCO)C(=O)[C@@H]4[C@H]2C1=O. The van der Waals surface area contributed by atoms with E-state index < -0.39 is 29.1 Å². The van der Waals surface area contributed by atoms with Gasteiger partial charge in [-0.3, -0.25) is 14.4 Å². The van der Waals surface area contributed by atoms with E-state index in [4.69, 9.17) is 16.3 Å². The molecule has 0 aromatic heterocycles. The summed E-state index contributed by atoms with van der Waals surface area (Å²) in [5.41, 5.74) is -1.62. The van der Waals surface area contributed by atoms with E-state index in [-0.39, 0.29) is 24.3 Å². The van der Waals surface area contributed by atoms with Crippen LogP contribution in [0.4, 0.5) is 5.69 Å². The Labute approximate surface area is 209 Å². The van der Waals surface area contributed by atoms with Gasteiger partial charge >= 0.3 is 0 Å². The number of likely N-dealkylation sites (tertiary alicyclic amines) is 1. The van der Waals surface area contributed by atoms with E-state index >= 15 is 0 Å². The number of carbonyl (C=O) groups is 3. The highest BCUT2D eigenvalue weighted by atomic mass is 35.5. The number of nitrogens with zero attached hydrogens (tertiary/aromatic N) is 3. The van der Waals surface area contributed by atoms with Crippen LogP contribution in [-0.2, 0) is 19.1 Å². The van der Waals surface area contributed by atoms with Gasteiger partial charge in [0.2, 0.25) is 11.8 Å². The molecule has 2 saturated heterocycles. The molecule has 186 valence electrons. The maximum Gasteiger partial charge on any atom is 0.253 e. The molecule has 1 aromatic carbocycles. The first-order valence-electron chi connectivity index (χ1n) is 12.0. The van der Waals surface area contributed by atoms with Gasteiger partial charge in [-0.2, -0.15) is 0 Å². The Kier molecular flexibility index (Phi) is 6.02. The fraction of sp³-hybridized carbons (Fsp3) is 0.500. The average Bonchev–Trinajstić information content (AvgIpc) is 3.09. The van der Waals surface area contributed by atoms with E-state index in [1.807, 2.05) is 31.2 Å². The van der Waals surface area contributed by atoms with Crippen molar-refractivity contribution < 1.29 is 24.2 Å². The molecule has 4 aliphatic heterocycles. The second-order valence-corrected chi connectivity index (χ2v) is 10.3. The van der Waals surface area contributed by atoms with Crippen LogP contribution in [0, 0.1) is 11.8 Å². The quantitative estimate of drug-likeness (QED) is 0.494. The fourth-order valence-electron chi connectivity index (χ4n) is 6.13. The molecule has 5 atom stereocenters. The summed E-state index contributed by atoms with van der Waals surface area (Å²) in [4.78, 5) is 46.5. The Morgan fingerprint density at radius 2 is 1.71 bits per heavy atom. The molecule has 0 bridgehead atoms. The Balaban J connectivity index is 1.62. The smallest absolute Gasteiger partial charge is 0.253 e. The number of hydrogen-bond acceptors (Lipinski definition) is 5. The highest BCUT2D eigenvalue weighted by molar-refractivity contribution is 6.30. The molecule has 2 fully saturated rings. The maximum absolute atomic E-state index is 14.2. The van der Waals surface area contributed by atoms with Crippen LogP contribution >= 0.6 is 11.6 Å². The average molecular weight is 500 g/mol. The Morgan fingerprint density at radius 1 is 1.00 bits per heavy atom. The van der Waals surface area contributed by atoms with Crippen LogP contribution in [0.3, 0.4) is 0 Å². The number of anilines is 1. The van der Waals surface area contributed by atoms with E-state index in [0.29, 0.717) is 43.2 Å². The molecule has 1 unspecified atom stereocenters. The highest BCUT2D eigenvalue weighted by Gasteiger charge is 2.74. The number of unbranched alkanes of at least 4 members (excludes halogenated alkanes) is 1. The van der Waals surface area contributed by atoms with E-state index in [1.165, 1.54) is 0 Å². The summed E-state index contributed by atoms with van der Waals surface area (Å²) in [6, 6.07) is 6.07. The summed E-state index contributed by atoms with van der Waals surface area (Å²) in [5, 5.41) is 9.87. The second kappa shape index (κ2) is 8.76. The van der Waals surface area contributed by atoms with Crippen molar-refractivity contribution in [2.24, 2.45) is 11.8 Å². The van der Waals surface area contributed by atoms with Gasteiger partial charge in [0.1, 0.15) is 11.6 Å². The summed E-state index contributed by atoms with van der Waals surface area (Å²) >= 11 is 6.06. The van der Waals surface area contributed by atoms with Crippen LogP contribution in [-0.4, -0.2) is 83.2 Å². The first kappa shape index (κ1) is 24.0. The topological polar surface area (TPSA) is 90.4 Å². The zero-order valence-corrected chi connectivity index (χ0v) is 20.6. The molecule has 5 rings (SSSR count). The summed E-state index contributed by atoms with van der Waals surface area (Å²) in [6.07, 6.45) is 8.49. The zero-order valence-electron chi connectivity index (χ0n) is 19.9. The van der Waals surface area contributed by atoms with Crippen LogP contribution in [0.15, 0.2) is 48.6 Å². The van der Waals surface area contributed by atoms with E-state index in [2.05, 4.69) is 0 Å². The molecule has 1 spiro atoms. The van der Waals surface area contributed by atoms with Gasteiger partial charge in [0.25, 0.3) is 5.91 Å². The molecular formula is C26H30ClN3O5. The third-order valence-electron chi connectivity index (χ3n) is 7.70. The lowest BCUT2D eigenvalue weighted by Gasteiger charge is -2.37. The molecular weight excluding hydrogens is 470 g/mol. The number of benzene rings is 1. The lowest BCUT2D eigenvalue weighted by molar-refractivity contribution is -0.148. The number of ether oxygens (including phenoxy) is 1. The van der Waals surface area contributed by atoms with Crippen molar-refractivity contribution in [2.75, 3.05) is 38.2 Å². The van der Waals surface area contributed by atoms with Crippen molar-refractivity contribution in [3.63, 3.8) is 0 Å². The number of aliphatic hydroxyl groups is 1. The van der Waals surface area contributed by atoms with Crippen molar-refractivity contribution in [3.8, 4) is 0 Å². The standard InChI is InChI=1S/C26H30ClN3O5/c1-25-11-5-13-28(2)22(32)19(25)20-23(33)30(14-3-4-16-31)21-24(34)29(15-6-12-26(20,21)35-25)18-9-7-17(27)8-10-18/h5-12,19-21,31H,3-4,13-16H2,1-2H3/t19-,20-,21?,25+,26-/m0/s1. The monoisotopic (exact) mass is 499 g/mol. The van der Waals surface area contributed by atoms with Crippen molar-refractivity contribution in [1.29, 1.82) is 0 Å². The number of aliphatic hydroxyl groups excluding tert-OH is 1. The lowest BCUT2D eigenvalue weighted by Crippen LogP contribution is -2.56. The van der Waals surface area contributed by atoms with Crippen LogP contribution in [0.1, 0.15) is 19.8 Å². The number of halogens is 1. The van der Waals surface area contributed by atoms with Crippen molar-refractivity contribution in [3.05, 3.63) is 53.6 Å². The largest absolute Gasteiger partial charge is 0.396 e. The van der Waals surface area contributed by atoms with Gasteiger partial charge < -0.3 is 24.5 Å². The van der Waals surface area contributed by atoms with Crippen LogP contribution in [0.5, 0.6) is 0 Å². The molecule has 0 saturated carbocycles. The summed E-state index contributed by atoms with van der Waals surface area (Å²) in [5.74, 6) is -2.25. The van der Waals surface area contributed by atoms with E-state index in [1.54, 1.807) is 46.0 Å². The minimum Gasteiger partial charge on any atom is -0.396 e. The van der Waals surface area contributed by atoms with Gasteiger partial charge in [-0.05, 0) is 44.0 Å². The molecule has 1 N–H and O–H groups in total. The molecule has 8 nitrogen and oxygen atoms in total. The Hall–Kier alpha value is -2.68. The van der Waals surface area contributed by atoms with Gasteiger partial charge in [-0.1, -0.05) is 35.9 Å². The first-order chi connectivity index (χ1) is 16.7. The Morgan fingerprint density at radius 3 is 2.43 bits per heavy atom. The third-order valence-corrected chi connectivity index (χ3v) is 7.96. The van der Waals surface area contributed by atoms with Crippen molar-refractivity contribution >= 4 is 35.0 Å². The number of likely N-dealkylation sites (N-methyl/N-ethyl adjacent to an activating group) is 1. The minimum absolute atomic E-state index is 0.00269. The number of fused-ring (bicyclic) bond motifs is 2. The Bertz CT molecular complexity index is 1100. The van der Waals surface area contributed by atoms with Crippen LogP contribution in [0.25, 0.3) is 0 Å². The number of hydrogen-bond donors (Lipinski definition) is 1. The molecule has 3 amide bonds. The van der Waals surface area contributed by atoms with Gasteiger partial charge in [-0.25, -0.2) is 0 Å². The first-order valence-corrected chi connectivity index (χ1v) is 12.4. The molecule has 0 aliphatic carbocycles. The van der Waals surface area contributed by atoms with Crippen LogP contribution in [0.2, 0.25) is 5.02 Å². The summed E-state index contributed by atoms with van der Waals surface area (Å²) in [7, 11) is 1.72. The predicted molar refractivity (Wildman–Crippen MR) is 131 cm³/mol. The normalized spacial score (nSPS) is 34.1. The molecule has 0 radical (unpaired) electrons. The van der Waals surface area contributed by atoms with Crippen molar-refractivity contribution in [2.45, 2.75) is 37.0 Å². The maximum atomic E-state index is 14.2. The van der Waals surface area contributed by atoms with Gasteiger partial charge in [0.15, 0.2) is 0 Å². The van der Waals surface area contributed by atoms with Gasteiger partial charge in [0, 0.05) is 44.0 Å². The number of rotatable bonds is 5. The lowest BCUT2D eigenvalue weighted by atomic mass is 9.74. The van der Waals surface area contributed by atoms with Crippen LogP contribution < -0.4 is 4.90 Å². The van der Waals surface area contributed by atoms with E-state index in [9.17, 15) is 19.5 Å². The molecule has 4 aliphatic rings. The number of amides is 3. The molecule has 9 heteroatoms. The predicted octanol–water partition coefficient (Wildman–Crippen LogP) is 2.01.